The van der Waals surface area contributed by atoms with Crippen molar-refractivity contribution >= 4 is 52.5 Å². The van der Waals surface area contributed by atoms with Crippen molar-refractivity contribution in [2.24, 2.45) is 5.41 Å². The van der Waals surface area contributed by atoms with E-state index in [1.165, 1.54) is 33.1 Å². The van der Waals surface area contributed by atoms with E-state index < -0.39 is 0 Å². The first-order valence-electron chi connectivity index (χ1n) is 12.3. The van der Waals surface area contributed by atoms with Gasteiger partial charge < -0.3 is 9.31 Å². The summed E-state index contributed by atoms with van der Waals surface area (Å²) in [5, 5.41) is 0. The third-order valence-electron chi connectivity index (χ3n) is 10.3. The Bertz CT molecular complexity index is 1120. The monoisotopic (exact) mass is 441 g/mol. The van der Waals surface area contributed by atoms with Crippen LogP contribution in [0.2, 0.25) is 0 Å². The molecular formula is C26H39B4NO2. The van der Waals surface area contributed by atoms with Crippen LogP contribution in [0.5, 0.6) is 0 Å². The summed E-state index contributed by atoms with van der Waals surface area (Å²) in [6.07, 6.45) is 1.93. The highest BCUT2D eigenvalue weighted by Gasteiger charge is 2.58. The van der Waals surface area contributed by atoms with E-state index in [-0.39, 0.29) is 34.6 Å². The highest BCUT2D eigenvalue weighted by Crippen LogP contribution is 2.60. The van der Waals surface area contributed by atoms with E-state index in [1.54, 1.807) is 0 Å². The molecule has 4 rings (SSSR count). The summed E-state index contributed by atoms with van der Waals surface area (Å²) in [7, 11) is 6.47. The molecule has 1 aliphatic carbocycles. The maximum Gasteiger partial charge on any atom is 0.496 e. The van der Waals surface area contributed by atoms with E-state index in [4.69, 9.17) is 14.3 Å². The van der Waals surface area contributed by atoms with Crippen molar-refractivity contribution < 1.29 is 9.31 Å². The van der Waals surface area contributed by atoms with Crippen LogP contribution in [-0.2, 0) is 20.1 Å². The summed E-state index contributed by atoms with van der Waals surface area (Å²) in [5.41, 5.74) is 9.99. The number of nitrogens with zero attached hydrogens (tertiary/aromatic N) is 1. The zero-order chi connectivity index (χ0) is 24.9. The minimum Gasteiger partial charge on any atom is -0.399 e. The van der Waals surface area contributed by atoms with Crippen LogP contribution in [-0.4, -0.2) is 46.8 Å². The molecule has 33 heavy (non-hydrogen) atoms. The molecule has 3 nitrogen and oxygen atoms in total. The van der Waals surface area contributed by atoms with Crippen LogP contribution in [0.15, 0.2) is 18.3 Å². The fraction of sp³-hybridized carbons (Fsp3) is 0.577. The zero-order valence-electron chi connectivity index (χ0n) is 23.1. The number of fused-ring (bicyclic) bond motifs is 1. The largest absolute Gasteiger partial charge is 0.496 e. The van der Waals surface area contributed by atoms with Gasteiger partial charge in [-0.3, -0.25) is 4.98 Å². The lowest BCUT2D eigenvalue weighted by molar-refractivity contribution is 0.00578. The van der Waals surface area contributed by atoms with Crippen LogP contribution in [0.1, 0.15) is 80.4 Å². The number of hydrogen-bond donors (Lipinski definition) is 0. The highest BCUT2D eigenvalue weighted by molar-refractivity contribution is 6.62. The topological polar surface area (TPSA) is 31.4 Å². The number of rotatable bonds is 2. The second kappa shape index (κ2) is 7.04. The Labute approximate surface area is 204 Å². The molecule has 0 unspecified atom stereocenters. The van der Waals surface area contributed by atoms with Gasteiger partial charge in [0.05, 0.1) is 16.9 Å². The van der Waals surface area contributed by atoms with Gasteiger partial charge in [0.2, 0.25) is 0 Å². The molecule has 172 valence electrons. The first-order chi connectivity index (χ1) is 14.9. The van der Waals surface area contributed by atoms with Gasteiger partial charge in [-0.05, 0) is 66.7 Å². The predicted octanol–water partition coefficient (Wildman–Crippen LogP) is 0.418. The van der Waals surface area contributed by atoms with Crippen molar-refractivity contribution in [3.8, 4) is 11.3 Å². The third kappa shape index (κ3) is 3.11. The normalized spacial score (nSPS) is 23.5. The minimum absolute atomic E-state index is 0.0613. The van der Waals surface area contributed by atoms with Crippen LogP contribution in [0, 0.1) is 5.41 Å². The van der Waals surface area contributed by atoms with Crippen LogP contribution in [0.3, 0.4) is 0 Å². The molecule has 0 radical (unpaired) electrons. The van der Waals surface area contributed by atoms with Gasteiger partial charge in [-0.15, -0.1) is 0 Å². The second-order valence-electron chi connectivity index (χ2n) is 12.9. The number of hydrogen-bond acceptors (Lipinski definition) is 3. The summed E-state index contributed by atoms with van der Waals surface area (Å²) in [4.78, 5) is 4.94. The van der Waals surface area contributed by atoms with Gasteiger partial charge in [-0.2, -0.15) is 0 Å². The van der Waals surface area contributed by atoms with Crippen LogP contribution in [0.4, 0.5) is 0 Å². The molecule has 0 N–H and O–H groups in total. The molecule has 7 heteroatoms. The summed E-state index contributed by atoms with van der Waals surface area (Å²) >= 11 is 0. The van der Waals surface area contributed by atoms with Gasteiger partial charge in [-0.1, -0.05) is 64.0 Å². The standard InChI is InChI=1S/C26H39B4NO2/c1-22(2)17-18(23(3,4)24(22,5)6)21(29)20(28)16(19(17)27)15-12-11-14(13-31-15)30-32-25(7,8)26(9,10)33-30/h11-13H,27-29H2,1-10H3. The first-order valence-corrected chi connectivity index (χ1v) is 12.3. The Morgan fingerprint density at radius 3 is 1.64 bits per heavy atom. The van der Waals surface area contributed by atoms with Gasteiger partial charge in [0, 0.05) is 11.7 Å². The molecule has 1 aromatic heterocycles. The lowest BCUT2D eigenvalue weighted by atomic mass is 9.58. The average molecular weight is 441 g/mol. The van der Waals surface area contributed by atoms with Gasteiger partial charge in [0.25, 0.3) is 0 Å². The molecule has 0 spiro atoms. The van der Waals surface area contributed by atoms with Crippen LogP contribution in [0.25, 0.3) is 11.3 Å². The fourth-order valence-corrected chi connectivity index (χ4v) is 6.18. The van der Waals surface area contributed by atoms with Gasteiger partial charge in [0.15, 0.2) is 0 Å². The fourth-order valence-electron chi connectivity index (χ4n) is 6.18. The predicted molar refractivity (Wildman–Crippen MR) is 150 cm³/mol. The van der Waals surface area contributed by atoms with Crippen LogP contribution < -0.4 is 21.9 Å². The smallest absolute Gasteiger partial charge is 0.399 e. The Kier molecular flexibility index (Phi) is 5.26. The molecule has 2 aliphatic rings. The summed E-state index contributed by atoms with van der Waals surface area (Å²) in [6.45, 7) is 22.9. The number of benzene rings is 1. The van der Waals surface area contributed by atoms with Crippen molar-refractivity contribution in [1.29, 1.82) is 0 Å². The summed E-state index contributed by atoms with van der Waals surface area (Å²) < 4.78 is 12.5. The molecule has 0 atom stereocenters. The van der Waals surface area contributed by atoms with Crippen molar-refractivity contribution in [2.45, 2.75) is 91.3 Å². The van der Waals surface area contributed by atoms with E-state index in [0.717, 1.165) is 11.2 Å². The number of pyridine rings is 1. The first kappa shape index (κ1) is 24.7. The SMILES string of the molecule is Bc1c(B)c2c(c(B)c1-c1ccc(B3OC(C)(C)C(C)(C)O3)cn1)C(C)(C)C(C)(C)C2(C)C. The Hall–Kier alpha value is -1.45. The Morgan fingerprint density at radius 2 is 1.18 bits per heavy atom. The van der Waals surface area contributed by atoms with E-state index >= 15 is 0 Å². The molecule has 0 saturated carbocycles. The van der Waals surface area contributed by atoms with Crippen molar-refractivity contribution in [3.05, 3.63) is 29.5 Å². The second-order valence-corrected chi connectivity index (χ2v) is 12.9. The lowest BCUT2D eigenvalue weighted by Crippen LogP contribution is -2.44. The molecule has 1 fully saturated rings. The minimum atomic E-state index is -0.388. The molecule has 1 saturated heterocycles. The van der Waals surface area contributed by atoms with E-state index in [0.29, 0.717) is 0 Å². The number of aromatic nitrogens is 1. The molecule has 2 aromatic rings. The van der Waals surface area contributed by atoms with E-state index in [2.05, 4.69) is 105 Å². The van der Waals surface area contributed by atoms with Crippen LogP contribution >= 0.6 is 0 Å². The van der Waals surface area contributed by atoms with E-state index in [9.17, 15) is 0 Å². The van der Waals surface area contributed by atoms with Crippen molar-refractivity contribution in [2.75, 3.05) is 0 Å². The quantitative estimate of drug-likeness (QED) is 0.634. The maximum absolute atomic E-state index is 6.23. The molecule has 0 amide bonds. The molecular weight excluding hydrogens is 402 g/mol. The highest BCUT2D eigenvalue weighted by atomic mass is 16.7. The third-order valence-corrected chi connectivity index (χ3v) is 10.3. The molecule has 1 aromatic carbocycles. The maximum atomic E-state index is 6.23. The van der Waals surface area contributed by atoms with Gasteiger partial charge >= 0.3 is 7.12 Å². The van der Waals surface area contributed by atoms with Gasteiger partial charge in [0.1, 0.15) is 23.5 Å². The lowest BCUT2D eigenvalue weighted by Gasteiger charge is -2.45. The van der Waals surface area contributed by atoms with E-state index in [1.807, 2.05) is 6.20 Å². The van der Waals surface area contributed by atoms with Gasteiger partial charge in [-0.25, -0.2) is 0 Å². The average Bonchev–Trinajstić information content (AvgIpc) is 2.97. The molecule has 1 aliphatic heterocycles. The Balaban J connectivity index is 1.83. The molecule has 0 bridgehead atoms. The van der Waals surface area contributed by atoms with Crippen molar-refractivity contribution in [1.82, 2.24) is 4.98 Å². The van der Waals surface area contributed by atoms with Crippen molar-refractivity contribution in [3.63, 3.8) is 0 Å². The summed E-state index contributed by atoms with van der Waals surface area (Å²) in [6, 6.07) is 4.25. The zero-order valence-corrected chi connectivity index (χ0v) is 23.1. The Morgan fingerprint density at radius 1 is 0.697 bits per heavy atom. The molecule has 2 heterocycles. The summed E-state index contributed by atoms with van der Waals surface area (Å²) in [5.74, 6) is 0.